The predicted molar refractivity (Wildman–Crippen MR) is 90.7 cm³/mol. The maximum absolute atomic E-state index is 11.9. The van der Waals surface area contributed by atoms with Crippen LogP contribution >= 0.6 is 0 Å². The number of ether oxygens (including phenoxy) is 1. The number of carbonyl (C=O) groups is 1. The van der Waals surface area contributed by atoms with E-state index >= 15 is 0 Å². The fraction of sp³-hybridized carbons (Fsp3) is 0.444. The first kappa shape index (κ1) is 16.5. The summed E-state index contributed by atoms with van der Waals surface area (Å²) in [5.41, 5.74) is 0.992. The van der Waals surface area contributed by atoms with Crippen LogP contribution in [0.3, 0.4) is 0 Å². The van der Waals surface area contributed by atoms with Gasteiger partial charge in [0.25, 0.3) is 0 Å². The van der Waals surface area contributed by atoms with Gasteiger partial charge in [-0.1, -0.05) is 6.07 Å². The molecule has 0 bridgehead atoms. The summed E-state index contributed by atoms with van der Waals surface area (Å²) in [6, 6.07) is 7.72. The SMILES string of the molecule is C[C@@H]1CN(c2ccc(CNC(=O)CCc3ccco3)cn2)CCO1. The first-order valence-electron chi connectivity index (χ1n) is 8.31. The van der Waals surface area contributed by atoms with Crippen molar-refractivity contribution in [2.24, 2.45) is 0 Å². The highest BCUT2D eigenvalue weighted by atomic mass is 16.5. The summed E-state index contributed by atoms with van der Waals surface area (Å²) >= 11 is 0. The van der Waals surface area contributed by atoms with Gasteiger partial charge in [-0.3, -0.25) is 4.79 Å². The molecule has 0 aromatic carbocycles. The van der Waals surface area contributed by atoms with Crippen molar-refractivity contribution in [2.45, 2.75) is 32.4 Å². The Balaban J connectivity index is 1.44. The zero-order valence-corrected chi connectivity index (χ0v) is 13.9. The van der Waals surface area contributed by atoms with Crippen LogP contribution < -0.4 is 10.2 Å². The maximum atomic E-state index is 11.9. The van der Waals surface area contributed by atoms with Gasteiger partial charge < -0.3 is 19.4 Å². The normalized spacial score (nSPS) is 17.7. The molecule has 3 rings (SSSR count). The van der Waals surface area contributed by atoms with Crippen LogP contribution in [0.2, 0.25) is 0 Å². The number of morpholine rings is 1. The Labute approximate surface area is 141 Å². The molecule has 3 heterocycles. The maximum Gasteiger partial charge on any atom is 0.220 e. The fourth-order valence-corrected chi connectivity index (χ4v) is 2.72. The zero-order valence-electron chi connectivity index (χ0n) is 13.9. The largest absolute Gasteiger partial charge is 0.469 e. The molecule has 1 saturated heterocycles. The highest BCUT2D eigenvalue weighted by Crippen LogP contribution is 2.15. The van der Waals surface area contributed by atoms with E-state index in [1.807, 2.05) is 30.5 Å². The van der Waals surface area contributed by atoms with Gasteiger partial charge in [0.1, 0.15) is 11.6 Å². The zero-order chi connectivity index (χ0) is 16.8. The molecule has 0 unspecified atom stereocenters. The molecule has 1 fully saturated rings. The molecule has 1 atom stereocenters. The minimum atomic E-state index is 0.0116. The first-order chi connectivity index (χ1) is 11.7. The van der Waals surface area contributed by atoms with Crippen LogP contribution in [0.25, 0.3) is 0 Å². The number of amides is 1. The molecular weight excluding hydrogens is 306 g/mol. The molecule has 1 amide bonds. The molecule has 1 aliphatic heterocycles. The third kappa shape index (κ3) is 4.58. The van der Waals surface area contributed by atoms with E-state index in [-0.39, 0.29) is 12.0 Å². The molecular formula is C18H23N3O3. The molecule has 6 heteroatoms. The predicted octanol–water partition coefficient (Wildman–Crippen LogP) is 2.15. The van der Waals surface area contributed by atoms with E-state index in [2.05, 4.69) is 22.1 Å². The Morgan fingerprint density at radius 2 is 2.33 bits per heavy atom. The van der Waals surface area contributed by atoms with Crippen molar-refractivity contribution in [1.29, 1.82) is 0 Å². The van der Waals surface area contributed by atoms with Gasteiger partial charge in [-0.05, 0) is 30.7 Å². The summed E-state index contributed by atoms with van der Waals surface area (Å²) in [6.07, 6.45) is 4.71. The summed E-state index contributed by atoms with van der Waals surface area (Å²) in [5.74, 6) is 1.80. The molecule has 0 radical (unpaired) electrons. The number of hydrogen-bond acceptors (Lipinski definition) is 5. The van der Waals surface area contributed by atoms with Crippen LogP contribution in [-0.2, 0) is 22.5 Å². The Hall–Kier alpha value is -2.34. The van der Waals surface area contributed by atoms with Crippen LogP contribution in [0.1, 0.15) is 24.7 Å². The second-order valence-electron chi connectivity index (χ2n) is 6.01. The van der Waals surface area contributed by atoms with E-state index in [0.717, 1.165) is 36.8 Å². The van der Waals surface area contributed by atoms with E-state index in [9.17, 15) is 4.79 Å². The van der Waals surface area contributed by atoms with Gasteiger partial charge in [-0.15, -0.1) is 0 Å². The number of carbonyl (C=O) groups excluding carboxylic acids is 1. The molecule has 2 aromatic rings. The van der Waals surface area contributed by atoms with Crippen LogP contribution in [0.5, 0.6) is 0 Å². The van der Waals surface area contributed by atoms with Crippen LogP contribution in [0.15, 0.2) is 41.1 Å². The van der Waals surface area contributed by atoms with Crippen LogP contribution in [-0.4, -0.2) is 36.7 Å². The van der Waals surface area contributed by atoms with Crippen molar-refractivity contribution in [3.05, 3.63) is 48.0 Å². The number of hydrogen-bond donors (Lipinski definition) is 1. The third-order valence-corrected chi connectivity index (χ3v) is 4.04. The fourth-order valence-electron chi connectivity index (χ4n) is 2.72. The standard InChI is InChI=1S/C18H23N3O3/c1-14-13-21(8-10-23-14)17-6-4-15(11-19-17)12-20-18(22)7-5-16-3-2-9-24-16/h2-4,6,9,11,14H,5,7-8,10,12-13H2,1H3,(H,20,22)/t14-/m1/s1. The van der Waals surface area contributed by atoms with Gasteiger partial charge >= 0.3 is 0 Å². The number of furan rings is 1. The molecule has 6 nitrogen and oxygen atoms in total. The summed E-state index contributed by atoms with van der Waals surface area (Å²) in [6.45, 7) is 5.01. The van der Waals surface area contributed by atoms with Crippen molar-refractivity contribution >= 4 is 11.7 Å². The number of anilines is 1. The minimum absolute atomic E-state index is 0.0116. The monoisotopic (exact) mass is 329 g/mol. The van der Waals surface area contributed by atoms with Gasteiger partial charge in [0.05, 0.1) is 19.0 Å². The van der Waals surface area contributed by atoms with Crippen molar-refractivity contribution in [3.8, 4) is 0 Å². The Morgan fingerprint density at radius 3 is 3.04 bits per heavy atom. The quantitative estimate of drug-likeness (QED) is 0.879. The number of nitrogens with zero attached hydrogens (tertiary/aromatic N) is 2. The van der Waals surface area contributed by atoms with Gasteiger partial charge in [0, 0.05) is 38.7 Å². The molecule has 1 N–H and O–H groups in total. The highest BCUT2D eigenvalue weighted by molar-refractivity contribution is 5.76. The van der Waals surface area contributed by atoms with Crippen molar-refractivity contribution < 1.29 is 13.9 Å². The average molecular weight is 329 g/mol. The summed E-state index contributed by atoms with van der Waals surface area (Å²) in [7, 11) is 0. The molecule has 24 heavy (non-hydrogen) atoms. The average Bonchev–Trinajstić information content (AvgIpc) is 3.12. The lowest BCUT2D eigenvalue weighted by Crippen LogP contribution is -2.41. The lowest BCUT2D eigenvalue weighted by atomic mass is 10.2. The summed E-state index contributed by atoms with van der Waals surface area (Å²) in [4.78, 5) is 18.6. The molecule has 0 aliphatic carbocycles. The Kier molecular flexibility index (Phi) is 5.48. The van der Waals surface area contributed by atoms with Crippen LogP contribution in [0, 0.1) is 0 Å². The number of pyridine rings is 1. The highest BCUT2D eigenvalue weighted by Gasteiger charge is 2.17. The summed E-state index contributed by atoms with van der Waals surface area (Å²) in [5, 5.41) is 2.91. The Morgan fingerprint density at radius 1 is 1.42 bits per heavy atom. The second-order valence-corrected chi connectivity index (χ2v) is 6.01. The number of rotatable bonds is 6. The van der Waals surface area contributed by atoms with Gasteiger partial charge in [-0.25, -0.2) is 4.98 Å². The van der Waals surface area contributed by atoms with Crippen LogP contribution in [0.4, 0.5) is 5.82 Å². The molecule has 128 valence electrons. The number of nitrogens with one attached hydrogen (secondary N) is 1. The van der Waals surface area contributed by atoms with Gasteiger partial charge in [-0.2, -0.15) is 0 Å². The molecule has 0 saturated carbocycles. The first-order valence-corrected chi connectivity index (χ1v) is 8.31. The van der Waals surface area contributed by atoms with Crippen molar-refractivity contribution in [1.82, 2.24) is 10.3 Å². The third-order valence-electron chi connectivity index (χ3n) is 4.04. The van der Waals surface area contributed by atoms with E-state index in [0.29, 0.717) is 19.4 Å². The van der Waals surface area contributed by atoms with E-state index in [1.54, 1.807) is 6.26 Å². The summed E-state index contributed by atoms with van der Waals surface area (Å²) < 4.78 is 10.8. The van der Waals surface area contributed by atoms with E-state index in [4.69, 9.17) is 9.15 Å². The Bertz CT molecular complexity index is 640. The van der Waals surface area contributed by atoms with E-state index in [1.165, 1.54) is 0 Å². The number of aromatic nitrogens is 1. The second kappa shape index (κ2) is 7.97. The smallest absolute Gasteiger partial charge is 0.220 e. The van der Waals surface area contributed by atoms with E-state index < -0.39 is 0 Å². The lowest BCUT2D eigenvalue weighted by molar-refractivity contribution is -0.121. The van der Waals surface area contributed by atoms with Gasteiger partial charge in [0.15, 0.2) is 0 Å². The molecule has 2 aromatic heterocycles. The van der Waals surface area contributed by atoms with Crippen molar-refractivity contribution in [3.63, 3.8) is 0 Å². The number of aryl methyl sites for hydroxylation is 1. The topological polar surface area (TPSA) is 67.6 Å². The lowest BCUT2D eigenvalue weighted by Gasteiger charge is -2.32. The van der Waals surface area contributed by atoms with Crippen molar-refractivity contribution in [2.75, 3.05) is 24.6 Å². The van der Waals surface area contributed by atoms with Gasteiger partial charge in [0.2, 0.25) is 5.91 Å². The minimum Gasteiger partial charge on any atom is -0.469 e. The molecule has 0 spiro atoms. The molecule has 1 aliphatic rings.